The Kier molecular flexibility index (Phi) is 6.77. The van der Waals surface area contributed by atoms with Crippen LogP contribution in [0.5, 0.6) is 17.2 Å². The van der Waals surface area contributed by atoms with E-state index < -0.39 is 12.6 Å². The molecular formula is C21H23N2O5S-. The third-order valence-electron chi connectivity index (χ3n) is 4.76. The molecule has 3 rings (SSSR count). The SMILES string of the molecule is COc1ccc(N2CCN(C(=S)c3ccc(OCC(=O)[O-])c(OC)c3)CC2)cc1. The van der Waals surface area contributed by atoms with Crippen LogP contribution in [-0.4, -0.2) is 62.9 Å². The molecule has 8 heteroatoms. The van der Waals surface area contributed by atoms with Gasteiger partial charge in [0.1, 0.15) is 17.3 Å². The quantitative estimate of drug-likeness (QED) is 0.627. The molecule has 0 spiro atoms. The van der Waals surface area contributed by atoms with Crippen LogP contribution in [0.25, 0.3) is 0 Å². The molecule has 0 aromatic heterocycles. The molecule has 0 radical (unpaired) electrons. The van der Waals surface area contributed by atoms with E-state index in [9.17, 15) is 9.90 Å². The largest absolute Gasteiger partial charge is 0.546 e. The maximum absolute atomic E-state index is 10.6. The highest BCUT2D eigenvalue weighted by Crippen LogP contribution is 2.29. The van der Waals surface area contributed by atoms with E-state index in [0.717, 1.165) is 48.2 Å². The van der Waals surface area contributed by atoms with E-state index >= 15 is 0 Å². The number of nitrogens with zero attached hydrogens (tertiary/aromatic N) is 2. The molecule has 0 amide bonds. The number of methoxy groups -OCH3 is 2. The van der Waals surface area contributed by atoms with Crippen molar-refractivity contribution in [3.8, 4) is 17.2 Å². The molecule has 2 aromatic carbocycles. The summed E-state index contributed by atoms with van der Waals surface area (Å²) in [6.07, 6.45) is 0. The van der Waals surface area contributed by atoms with Crippen LogP contribution in [0.3, 0.4) is 0 Å². The number of hydrogen-bond donors (Lipinski definition) is 0. The number of carboxylic acid groups (broad SMARTS) is 1. The van der Waals surface area contributed by atoms with Crippen molar-refractivity contribution in [2.45, 2.75) is 0 Å². The standard InChI is InChI=1S/C21H24N2O5S/c1-26-17-6-4-16(5-7-17)22-9-11-23(12-10-22)21(29)15-3-8-18(19(13-15)27-2)28-14-20(24)25/h3-8,13H,9-12,14H2,1-2H3,(H,24,25)/p-1. The number of thiocarbonyl (C=S) groups is 1. The lowest BCUT2D eigenvalue weighted by Crippen LogP contribution is -2.48. The first-order chi connectivity index (χ1) is 14.0. The van der Waals surface area contributed by atoms with Crippen LogP contribution in [0, 0.1) is 0 Å². The number of carbonyl (C=O) groups is 1. The Morgan fingerprint density at radius 3 is 2.28 bits per heavy atom. The molecule has 0 N–H and O–H groups in total. The van der Waals surface area contributed by atoms with E-state index in [1.54, 1.807) is 19.2 Å². The maximum Gasteiger partial charge on any atom is 0.161 e. The lowest BCUT2D eigenvalue weighted by atomic mass is 10.1. The molecule has 0 unspecified atom stereocenters. The highest BCUT2D eigenvalue weighted by Gasteiger charge is 2.21. The minimum Gasteiger partial charge on any atom is -0.546 e. The van der Waals surface area contributed by atoms with E-state index in [1.807, 2.05) is 18.2 Å². The summed E-state index contributed by atoms with van der Waals surface area (Å²) in [7, 11) is 3.16. The van der Waals surface area contributed by atoms with Gasteiger partial charge in [0, 0.05) is 37.4 Å². The van der Waals surface area contributed by atoms with Gasteiger partial charge in [-0.1, -0.05) is 12.2 Å². The average Bonchev–Trinajstić information content (AvgIpc) is 2.77. The Hall–Kier alpha value is -3.00. The fraction of sp³-hybridized carbons (Fsp3) is 0.333. The Morgan fingerprint density at radius 1 is 1.00 bits per heavy atom. The fourth-order valence-corrected chi connectivity index (χ4v) is 3.51. The van der Waals surface area contributed by atoms with Crippen molar-refractivity contribution in [3.05, 3.63) is 48.0 Å². The van der Waals surface area contributed by atoms with Gasteiger partial charge < -0.3 is 33.9 Å². The van der Waals surface area contributed by atoms with Gasteiger partial charge in [-0.2, -0.15) is 0 Å². The van der Waals surface area contributed by atoms with Crippen LogP contribution in [0.2, 0.25) is 0 Å². The third kappa shape index (κ3) is 5.08. The lowest BCUT2D eigenvalue weighted by Gasteiger charge is -2.37. The number of aliphatic carboxylic acids is 1. The third-order valence-corrected chi connectivity index (χ3v) is 5.25. The molecule has 1 fully saturated rings. The molecule has 1 heterocycles. The van der Waals surface area contributed by atoms with Gasteiger partial charge in [-0.25, -0.2) is 0 Å². The zero-order valence-electron chi connectivity index (χ0n) is 16.4. The first-order valence-corrected chi connectivity index (χ1v) is 9.61. The Balaban J connectivity index is 1.63. The molecule has 0 saturated carbocycles. The van der Waals surface area contributed by atoms with E-state index in [1.165, 1.54) is 7.11 Å². The first kappa shape index (κ1) is 20.7. The van der Waals surface area contributed by atoms with Crippen molar-refractivity contribution in [2.75, 3.05) is 51.9 Å². The predicted molar refractivity (Wildman–Crippen MR) is 112 cm³/mol. The second-order valence-electron chi connectivity index (χ2n) is 6.50. The van der Waals surface area contributed by atoms with Crippen LogP contribution in [-0.2, 0) is 4.79 Å². The Morgan fingerprint density at radius 2 is 1.69 bits per heavy atom. The van der Waals surface area contributed by atoms with Gasteiger partial charge >= 0.3 is 0 Å². The van der Waals surface area contributed by atoms with E-state index in [-0.39, 0.29) is 0 Å². The van der Waals surface area contributed by atoms with Crippen molar-refractivity contribution >= 4 is 28.9 Å². The van der Waals surface area contributed by atoms with Crippen LogP contribution in [0.4, 0.5) is 5.69 Å². The molecule has 29 heavy (non-hydrogen) atoms. The van der Waals surface area contributed by atoms with Crippen LogP contribution in [0.1, 0.15) is 5.56 Å². The minimum atomic E-state index is -1.29. The zero-order valence-corrected chi connectivity index (χ0v) is 17.2. The molecule has 154 valence electrons. The molecule has 1 aliphatic rings. The van der Waals surface area contributed by atoms with Crippen molar-refractivity contribution < 1.29 is 24.1 Å². The lowest BCUT2D eigenvalue weighted by molar-refractivity contribution is -0.307. The second-order valence-corrected chi connectivity index (χ2v) is 6.89. The Bertz CT molecular complexity index is 864. The van der Waals surface area contributed by atoms with Gasteiger partial charge in [-0.05, 0) is 42.5 Å². The molecule has 0 atom stereocenters. The minimum absolute atomic E-state index is 0.340. The summed E-state index contributed by atoms with van der Waals surface area (Å²) < 4.78 is 15.7. The molecule has 0 aliphatic carbocycles. The second kappa shape index (κ2) is 9.47. The molecule has 1 saturated heterocycles. The topological polar surface area (TPSA) is 74.3 Å². The van der Waals surface area contributed by atoms with Gasteiger partial charge in [0.2, 0.25) is 0 Å². The number of ether oxygens (including phenoxy) is 3. The number of piperazine rings is 1. The van der Waals surface area contributed by atoms with Gasteiger partial charge in [0.15, 0.2) is 11.5 Å². The van der Waals surface area contributed by atoms with Crippen molar-refractivity contribution in [1.29, 1.82) is 0 Å². The number of anilines is 1. The number of carboxylic acids is 1. The fourth-order valence-electron chi connectivity index (χ4n) is 3.20. The van der Waals surface area contributed by atoms with Gasteiger partial charge in [-0.15, -0.1) is 0 Å². The van der Waals surface area contributed by atoms with Crippen molar-refractivity contribution in [3.63, 3.8) is 0 Å². The molecule has 1 aliphatic heterocycles. The number of benzene rings is 2. The van der Waals surface area contributed by atoms with Crippen molar-refractivity contribution in [2.24, 2.45) is 0 Å². The summed E-state index contributed by atoms with van der Waals surface area (Å²) in [5.41, 5.74) is 1.99. The predicted octanol–water partition coefficient (Wildman–Crippen LogP) is 1.33. The van der Waals surface area contributed by atoms with Gasteiger partial charge in [-0.3, -0.25) is 0 Å². The van der Waals surface area contributed by atoms with Gasteiger partial charge in [0.25, 0.3) is 0 Å². The monoisotopic (exact) mass is 415 g/mol. The molecule has 2 aromatic rings. The van der Waals surface area contributed by atoms with Crippen LogP contribution < -0.4 is 24.2 Å². The van der Waals surface area contributed by atoms with E-state index in [0.29, 0.717) is 11.5 Å². The highest BCUT2D eigenvalue weighted by atomic mass is 32.1. The summed E-state index contributed by atoms with van der Waals surface area (Å²) in [5.74, 6) is 0.325. The van der Waals surface area contributed by atoms with Crippen LogP contribution >= 0.6 is 12.2 Å². The maximum atomic E-state index is 10.6. The summed E-state index contributed by atoms with van der Waals surface area (Å²) in [6, 6.07) is 13.3. The zero-order chi connectivity index (χ0) is 20.8. The number of carbonyl (C=O) groups excluding carboxylic acids is 1. The van der Waals surface area contributed by atoms with Crippen molar-refractivity contribution in [1.82, 2.24) is 4.90 Å². The summed E-state index contributed by atoms with van der Waals surface area (Å²) in [5, 5.41) is 10.6. The molecule has 7 nitrogen and oxygen atoms in total. The van der Waals surface area contributed by atoms with Crippen LogP contribution in [0.15, 0.2) is 42.5 Å². The number of hydrogen-bond acceptors (Lipinski definition) is 7. The smallest absolute Gasteiger partial charge is 0.161 e. The number of rotatable bonds is 7. The van der Waals surface area contributed by atoms with E-state index in [4.69, 9.17) is 26.4 Å². The Labute approximate surface area is 175 Å². The normalized spacial score (nSPS) is 13.7. The summed E-state index contributed by atoms with van der Waals surface area (Å²) in [6.45, 7) is 2.78. The van der Waals surface area contributed by atoms with Gasteiger partial charge in [0.05, 0.1) is 20.2 Å². The molecular weight excluding hydrogens is 392 g/mol. The summed E-state index contributed by atoms with van der Waals surface area (Å²) in [4.78, 5) is 15.8. The summed E-state index contributed by atoms with van der Waals surface area (Å²) >= 11 is 5.68. The average molecular weight is 415 g/mol. The van der Waals surface area contributed by atoms with E-state index in [2.05, 4.69) is 21.9 Å². The first-order valence-electron chi connectivity index (χ1n) is 9.20. The highest BCUT2D eigenvalue weighted by molar-refractivity contribution is 7.80. The molecule has 0 bridgehead atoms.